The van der Waals surface area contributed by atoms with Gasteiger partial charge in [0.1, 0.15) is 47.8 Å². The van der Waals surface area contributed by atoms with E-state index >= 15 is 0 Å². The second-order valence-corrected chi connectivity index (χ2v) is 17.0. The Hall–Kier alpha value is -5.12. The molecule has 0 aromatic heterocycles. The van der Waals surface area contributed by atoms with Gasteiger partial charge < -0.3 is 54.0 Å². The molecular weight excluding hydrogens is 825 g/mol. The van der Waals surface area contributed by atoms with E-state index in [0.717, 1.165) is 22.3 Å². The maximum Gasteiger partial charge on any atom is 0.190 e. The van der Waals surface area contributed by atoms with Gasteiger partial charge in [-0.05, 0) is 33.4 Å². The minimum Gasteiger partial charge on any atom is -0.390 e. The molecule has 2 saturated heterocycles. The lowest BCUT2D eigenvalue weighted by atomic mass is 9.65. The zero-order valence-corrected chi connectivity index (χ0v) is 36.2. The second kappa shape index (κ2) is 21.9. The molecular formula is C54H58O11. The van der Waals surface area contributed by atoms with Gasteiger partial charge in [0.15, 0.2) is 12.6 Å². The van der Waals surface area contributed by atoms with E-state index in [1.807, 2.05) is 146 Å². The topological polar surface area (TPSA) is 157 Å². The van der Waals surface area contributed by atoms with Crippen LogP contribution < -0.4 is 0 Å². The number of hydrogen-bond donors (Lipinski definition) is 5. The molecule has 0 aliphatic carbocycles. The number of ether oxygens (including phenoxy) is 6. The summed E-state index contributed by atoms with van der Waals surface area (Å²) < 4.78 is 39.0. The highest BCUT2D eigenvalue weighted by Gasteiger charge is 2.67. The van der Waals surface area contributed by atoms with E-state index in [-0.39, 0.29) is 45.7 Å². The lowest BCUT2D eigenvalue weighted by Gasteiger charge is -2.57. The van der Waals surface area contributed by atoms with Gasteiger partial charge >= 0.3 is 0 Å². The van der Waals surface area contributed by atoms with Crippen molar-refractivity contribution in [3.8, 4) is 0 Å². The van der Waals surface area contributed by atoms with Gasteiger partial charge in [0.2, 0.25) is 0 Å². The van der Waals surface area contributed by atoms with Gasteiger partial charge in [-0.25, -0.2) is 0 Å². The van der Waals surface area contributed by atoms with Crippen LogP contribution in [0.4, 0.5) is 0 Å². The Bertz CT molecular complexity index is 2290. The first-order valence-corrected chi connectivity index (χ1v) is 22.2. The van der Waals surface area contributed by atoms with Crippen molar-refractivity contribution in [1.29, 1.82) is 0 Å². The molecule has 11 heteroatoms. The molecule has 0 bridgehead atoms. The highest BCUT2D eigenvalue weighted by atomic mass is 16.8. The molecule has 11 atom stereocenters. The Kier molecular flexibility index (Phi) is 15.6. The Morgan fingerprint density at radius 3 is 1.38 bits per heavy atom. The van der Waals surface area contributed by atoms with E-state index in [1.165, 1.54) is 0 Å². The highest BCUT2D eigenvalue weighted by Crippen LogP contribution is 2.45. The molecule has 8 rings (SSSR count). The maximum atomic E-state index is 13.1. The zero-order chi connectivity index (χ0) is 45.1. The van der Waals surface area contributed by atoms with Crippen molar-refractivity contribution in [2.75, 3.05) is 6.61 Å². The molecule has 2 heterocycles. The van der Waals surface area contributed by atoms with Crippen molar-refractivity contribution in [2.45, 2.75) is 106 Å². The van der Waals surface area contributed by atoms with Crippen molar-refractivity contribution >= 4 is 0 Å². The van der Waals surface area contributed by atoms with Crippen LogP contribution in [0.5, 0.6) is 0 Å². The van der Waals surface area contributed by atoms with Crippen LogP contribution in [0.2, 0.25) is 0 Å². The van der Waals surface area contributed by atoms with Crippen molar-refractivity contribution in [3.63, 3.8) is 0 Å². The lowest BCUT2D eigenvalue weighted by Crippen LogP contribution is -2.78. The SMILES string of the molecule is OC(Cc1ccccc1)[C@H]1O[C@H](O[C@@H]2O[C@H](COCc3ccccc3)[C@@H](OCc3ccccc3)[C@H](OCc3ccccc3)[C@H]2O)[C@@H](O)[C@](O)(Cc2ccccc2)[C@@]1(O)Cc1ccccc1. The molecule has 2 fully saturated rings. The average molecular weight is 883 g/mol. The molecule has 1 unspecified atom stereocenters. The lowest BCUT2D eigenvalue weighted by molar-refractivity contribution is -0.413. The molecule has 0 spiro atoms. The quantitative estimate of drug-likeness (QED) is 0.0640. The van der Waals surface area contributed by atoms with Crippen LogP contribution in [0.15, 0.2) is 182 Å². The van der Waals surface area contributed by atoms with Crippen molar-refractivity contribution in [2.24, 2.45) is 0 Å². The van der Waals surface area contributed by atoms with Gasteiger partial charge in [0, 0.05) is 19.3 Å². The van der Waals surface area contributed by atoms with Gasteiger partial charge in [-0.3, -0.25) is 0 Å². The molecule has 2 aliphatic rings. The van der Waals surface area contributed by atoms with Crippen molar-refractivity contribution in [1.82, 2.24) is 0 Å². The maximum absolute atomic E-state index is 13.1. The third-order valence-corrected chi connectivity index (χ3v) is 12.4. The van der Waals surface area contributed by atoms with E-state index in [0.29, 0.717) is 11.1 Å². The second-order valence-electron chi connectivity index (χ2n) is 17.0. The van der Waals surface area contributed by atoms with Crippen LogP contribution in [0.25, 0.3) is 0 Å². The van der Waals surface area contributed by atoms with Crippen LogP contribution in [-0.2, 0) is 67.5 Å². The monoisotopic (exact) mass is 882 g/mol. The fourth-order valence-corrected chi connectivity index (χ4v) is 8.93. The predicted molar refractivity (Wildman–Crippen MR) is 243 cm³/mol. The summed E-state index contributed by atoms with van der Waals surface area (Å²) in [6, 6.07) is 56.1. The van der Waals surface area contributed by atoms with Crippen LogP contribution in [-0.4, -0.2) is 98.6 Å². The van der Waals surface area contributed by atoms with Crippen LogP contribution >= 0.6 is 0 Å². The number of rotatable bonds is 19. The van der Waals surface area contributed by atoms with Gasteiger partial charge in [-0.15, -0.1) is 0 Å². The molecule has 6 aromatic carbocycles. The Morgan fingerprint density at radius 2 is 0.892 bits per heavy atom. The summed E-state index contributed by atoms with van der Waals surface area (Å²) in [6.45, 7) is 0.532. The normalized spacial score (nSPS) is 28.4. The number of aliphatic hydroxyl groups excluding tert-OH is 3. The summed E-state index contributed by atoms with van der Waals surface area (Å²) in [5.74, 6) is 0. The first-order chi connectivity index (χ1) is 31.7. The van der Waals surface area contributed by atoms with Crippen LogP contribution in [0.1, 0.15) is 33.4 Å². The molecule has 0 saturated carbocycles. The summed E-state index contributed by atoms with van der Waals surface area (Å²) in [4.78, 5) is 0. The van der Waals surface area contributed by atoms with Crippen molar-refractivity contribution in [3.05, 3.63) is 215 Å². The molecule has 11 nitrogen and oxygen atoms in total. The van der Waals surface area contributed by atoms with Gasteiger partial charge in [-0.2, -0.15) is 0 Å². The first kappa shape index (κ1) is 46.4. The highest BCUT2D eigenvalue weighted by molar-refractivity contribution is 5.29. The van der Waals surface area contributed by atoms with E-state index in [1.54, 1.807) is 36.4 Å². The molecule has 0 radical (unpaired) electrons. The molecule has 6 aromatic rings. The standard InChI is InChI=1S/C54H58O11/c55-44(31-38-19-7-1-8-20-38)50-54(59,33-40-23-11-3-12-24-40)53(58,32-39-21-9-2-10-22-39)49(57)52(64-50)65-51-46(56)48(62-36-43-29-17-6-18-30-43)47(61-35-42-27-15-5-16-28-42)45(63-51)37-60-34-41-25-13-4-14-26-41/h1-30,44-52,55-59H,31-37H2/t44?,45-,46-,47-,48-,49-,50-,51+,52-,53-,54-/m1/s1. The fraction of sp³-hybridized carbons (Fsp3) is 0.333. The minimum atomic E-state index is -2.40. The van der Waals surface area contributed by atoms with E-state index in [2.05, 4.69) is 0 Å². The first-order valence-electron chi connectivity index (χ1n) is 22.2. The molecule has 2 aliphatic heterocycles. The van der Waals surface area contributed by atoms with Crippen LogP contribution in [0, 0.1) is 0 Å². The summed E-state index contributed by atoms with van der Waals surface area (Å²) in [5.41, 5.74) is -0.0160. The van der Waals surface area contributed by atoms with E-state index in [4.69, 9.17) is 28.4 Å². The predicted octanol–water partition coefficient (Wildman–Crippen LogP) is 6.11. The number of aliphatic hydroxyl groups is 5. The Labute approximate surface area is 380 Å². The molecule has 340 valence electrons. The Balaban J connectivity index is 1.15. The largest absolute Gasteiger partial charge is 0.390 e. The summed E-state index contributed by atoms with van der Waals surface area (Å²) >= 11 is 0. The molecule has 0 amide bonds. The van der Waals surface area contributed by atoms with Crippen LogP contribution in [0.3, 0.4) is 0 Å². The van der Waals surface area contributed by atoms with Gasteiger partial charge in [-0.1, -0.05) is 182 Å². The third-order valence-electron chi connectivity index (χ3n) is 12.4. The summed E-state index contributed by atoms with van der Waals surface area (Å²) in [5, 5.41) is 63.3. The number of hydrogen-bond acceptors (Lipinski definition) is 11. The summed E-state index contributed by atoms with van der Waals surface area (Å²) in [7, 11) is 0. The van der Waals surface area contributed by atoms with Gasteiger partial charge in [0.05, 0.1) is 32.5 Å². The van der Waals surface area contributed by atoms with Gasteiger partial charge in [0.25, 0.3) is 0 Å². The summed E-state index contributed by atoms with van der Waals surface area (Å²) in [6.07, 6.45) is -13.0. The number of benzene rings is 6. The Morgan fingerprint density at radius 1 is 0.477 bits per heavy atom. The zero-order valence-electron chi connectivity index (χ0n) is 36.2. The molecule has 5 N–H and O–H groups in total. The minimum absolute atomic E-state index is 0.00656. The van der Waals surface area contributed by atoms with Crippen molar-refractivity contribution < 1.29 is 54.0 Å². The smallest absolute Gasteiger partial charge is 0.190 e. The van der Waals surface area contributed by atoms with E-state index in [9.17, 15) is 25.5 Å². The molecule has 65 heavy (non-hydrogen) atoms. The average Bonchev–Trinajstić information content (AvgIpc) is 3.34. The third kappa shape index (κ3) is 11.3. The van der Waals surface area contributed by atoms with E-state index < -0.39 is 66.5 Å². The fourth-order valence-electron chi connectivity index (χ4n) is 8.93.